The molecule has 0 aromatic heterocycles. The highest BCUT2D eigenvalue weighted by molar-refractivity contribution is 6.24. The van der Waals surface area contributed by atoms with Crippen LogP contribution in [0.2, 0.25) is 0 Å². The largest absolute Gasteiger partial charge is 0.489 e. The van der Waals surface area contributed by atoms with Gasteiger partial charge in [-0.1, -0.05) is 54.6 Å². The molecule has 1 amide bonds. The summed E-state index contributed by atoms with van der Waals surface area (Å²) in [4.78, 5) is 39.4. The minimum Gasteiger partial charge on any atom is -0.489 e. The molecule has 3 aromatic carbocycles. The van der Waals surface area contributed by atoms with Gasteiger partial charge in [-0.2, -0.15) is 0 Å². The lowest BCUT2D eigenvalue weighted by Gasteiger charge is -2.18. The Labute approximate surface area is 204 Å². The number of methoxy groups -OCH3 is 1. The van der Waals surface area contributed by atoms with Crippen LogP contribution in [0.4, 0.5) is 5.69 Å². The first kappa shape index (κ1) is 23.7. The molecule has 4 rings (SSSR count). The molecule has 0 saturated carbocycles. The molecule has 3 aromatic rings. The molecule has 0 fully saturated rings. The molecule has 1 heterocycles. The molecule has 1 aliphatic rings. The maximum absolute atomic E-state index is 13.5. The number of benzene rings is 3. The van der Waals surface area contributed by atoms with E-state index in [2.05, 4.69) is 0 Å². The smallest absolute Gasteiger partial charge is 0.340 e. The Morgan fingerprint density at radius 1 is 0.943 bits per heavy atom. The quantitative estimate of drug-likeness (QED) is 0.266. The fraction of sp³-hybridized carbons (Fsp3) is 0.138. The van der Waals surface area contributed by atoms with Crippen LogP contribution in [0.25, 0.3) is 6.08 Å². The van der Waals surface area contributed by atoms with Crippen LogP contribution in [0, 0.1) is 0 Å². The Hall–Kier alpha value is -4.45. The van der Waals surface area contributed by atoms with E-state index >= 15 is 0 Å². The van der Waals surface area contributed by atoms with Gasteiger partial charge in [-0.3, -0.25) is 14.5 Å². The zero-order valence-corrected chi connectivity index (χ0v) is 19.8. The van der Waals surface area contributed by atoms with Crippen molar-refractivity contribution < 1.29 is 23.9 Å². The summed E-state index contributed by atoms with van der Waals surface area (Å²) in [6.45, 7) is 3.60. The Kier molecular flexibility index (Phi) is 6.92. The molecule has 0 saturated heterocycles. The monoisotopic (exact) mass is 467 g/mol. The van der Waals surface area contributed by atoms with E-state index in [1.807, 2.05) is 54.6 Å². The molecule has 35 heavy (non-hydrogen) atoms. The van der Waals surface area contributed by atoms with Gasteiger partial charge in [0.25, 0.3) is 5.91 Å². The van der Waals surface area contributed by atoms with E-state index < -0.39 is 5.97 Å². The topological polar surface area (TPSA) is 72.9 Å². The molecule has 0 unspecified atom stereocenters. The summed E-state index contributed by atoms with van der Waals surface area (Å²) in [5, 5.41) is 0. The van der Waals surface area contributed by atoms with Crippen molar-refractivity contribution in [1.29, 1.82) is 0 Å². The predicted molar refractivity (Wildman–Crippen MR) is 134 cm³/mol. The van der Waals surface area contributed by atoms with Gasteiger partial charge < -0.3 is 9.47 Å². The Morgan fingerprint density at radius 3 is 2.31 bits per heavy atom. The fourth-order valence-electron chi connectivity index (χ4n) is 3.92. The number of ether oxygens (including phenoxy) is 2. The number of ketones is 1. The van der Waals surface area contributed by atoms with Crippen molar-refractivity contribution in [1.82, 2.24) is 0 Å². The highest BCUT2D eigenvalue weighted by atomic mass is 16.5. The zero-order valence-electron chi connectivity index (χ0n) is 19.8. The lowest BCUT2D eigenvalue weighted by molar-refractivity contribution is -0.136. The van der Waals surface area contributed by atoms with Gasteiger partial charge in [-0.25, -0.2) is 4.79 Å². The molecule has 0 spiro atoms. The van der Waals surface area contributed by atoms with Crippen molar-refractivity contribution >= 4 is 29.4 Å². The average molecular weight is 468 g/mol. The van der Waals surface area contributed by atoms with Crippen molar-refractivity contribution in [3.05, 3.63) is 112 Å². The van der Waals surface area contributed by atoms with E-state index in [0.29, 0.717) is 29.3 Å². The number of esters is 1. The summed E-state index contributed by atoms with van der Waals surface area (Å²) < 4.78 is 10.8. The molecule has 0 aliphatic carbocycles. The van der Waals surface area contributed by atoms with Crippen molar-refractivity contribution in [2.24, 2.45) is 0 Å². The highest BCUT2D eigenvalue weighted by Gasteiger charge is 2.38. The third-order valence-electron chi connectivity index (χ3n) is 5.74. The molecule has 6 heteroatoms. The van der Waals surface area contributed by atoms with E-state index in [-0.39, 0.29) is 22.8 Å². The number of anilines is 1. The SMILES string of the molecule is COC(=O)C1=C(C)N(c2cccc(C(C)=O)c2)C(=O)/C1=C\c1ccc(OCc2ccccc2)cc1. The van der Waals surface area contributed by atoms with Crippen LogP contribution in [-0.4, -0.2) is 24.8 Å². The van der Waals surface area contributed by atoms with Gasteiger partial charge in [0.05, 0.1) is 18.3 Å². The van der Waals surface area contributed by atoms with Crippen LogP contribution >= 0.6 is 0 Å². The lowest BCUT2D eigenvalue weighted by atomic mass is 10.0. The molecular weight excluding hydrogens is 442 g/mol. The normalized spacial score (nSPS) is 14.4. The van der Waals surface area contributed by atoms with Crippen LogP contribution in [0.1, 0.15) is 35.3 Å². The maximum Gasteiger partial charge on any atom is 0.340 e. The molecule has 0 atom stereocenters. The van der Waals surface area contributed by atoms with E-state index in [0.717, 1.165) is 11.1 Å². The van der Waals surface area contributed by atoms with E-state index in [1.54, 1.807) is 37.3 Å². The predicted octanol–water partition coefficient (Wildman–Crippen LogP) is 5.35. The van der Waals surface area contributed by atoms with Gasteiger partial charge >= 0.3 is 5.97 Å². The van der Waals surface area contributed by atoms with Gasteiger partial charge in [0.1, 0.15) is 12.4 Å². The van der Waals surface area contributed by atoms with Gasteiger partial charge in [0, 0.05) is 16.9 Å². The number of nitrogens with zero attached hydrogens (tertiary/aromatic N) is 1. The number of amides is 1. The average Bonchev–Trinajstić information content (AvgIpc) is 3.12. The van der Waals surface area contributed by atoms with Gasteiger partial charge in [-0.15, -0.1) is 0 Å². The van der Waals surface area contributed by atoms with Crippen LogP contribution in [0.5, 0.6) is 5.75 Å². The minimum absolute atomic E-state index is 0.112. The number of carbonyl (C=O) groups excluding carboxylic acids is 3. The molecule has 0 bridgehead atoms. The Balaban J connectivity index is 1.63. The van der Waals surface area contributed by atoms with Crippen LogP contribution in [0.3, 0.4) is 0 Å². The van der Waals surface area contributed by atoms with Gasteiger partial charge in [0.15, 0.2) is 5.78 Å². The van der Waals surface area contributed by atoms with Gasteiger partial charge in [-0.05, 0) is 55.3 Å². The maximum atomic E-state index is 13.5. The Bertz CT molecular complexity index is 1340. The first-order chi connectivity index (χ1) is 16.9. The van der Waals surface area contributed by atoms with E-state index in [9.17, 15) is 14.4 Å². The molecule has 1 aliphatic heterocycles. The zero-order chi connectivity index (χ0) is 24.9. The summed E-state index contributed by atoms with van der Waals surface area (Å²) >= 11 is 0. The molecule has 0 radical (unpaired) electrons. The van der Waals surface area contributed by atoms with Crippen LogP contribution in [-0.2, 0) is 20.9 Å². The summed E-state index contributed by atoms with van der Waals surface area (Å²) in [6.07, 6.45) is 1.66. The van der Waals surface area contributed by atoms with Crippen molar-refractivity contribution in [2.75, 3.05) is 12.0 Å². The first-order valence-corrected chi connectivity index (χ1v) is 11.1. The second kappa shape index (κ2) is 10.2. The minimum atomic E-state index is -0.602. The van der Waals surface area contributed by atoms with Crippen LogP contribution < -0.4 is 9.64 Å². The number of allylic oxidation sites excluding steroid dienone is 1. The molecular formula is C29H25NO5. The summed E-state index contributed by atoms with van der Waals surface area (Å²) in [7, 11) is 1.28. The summed E-state index contributed by atoms with van der Waals surface area (Å²) in [6, 6.07) is 23.9. The third kappa shape index (κ3) is 5.06. The molecule has 176 valence electrons. The van der Waals surface area contributed by atoms with E-state index in [4.69, 9.17) is 9.47 Å². The fourth-order valence-corrected chi connectivity index (χ4v) is 3.92. The third-order valence-corrected chi connectivity index (χ3v) is 5.74. The summed E-state index contributed by atoms with van der Waals surface area (Å²) in [5.41, 5.74) is 3.63. The first-order valence-electron chi connectivity index (χ1n) is 11.1. The second-order valence-corrected chi connectivity index (χ2v) is 8.10. The number of rotatable bonds is 7. The molecule has 6 nitrogen and oxygen atoms in total. The molecule has 0 N–H and O–H groups in total. The lowest BCUT2D eigenvalue weighted by Crippen LogP contribution is -2.24. The van der Waals surface area contributed by atoms with Gasteiger partial charge in [0.2, 0.25) is 0 Å². The van der Waals surface area contributed by atoms with Crippen molar-refractivity contribution in [3.8, 4) is 5.75 Å². The standard InChI is InChI=1S/C29H25NO5/c1-19-27(29(33)34-3)26(28(32)30(19)24-11-7-10-23(17-24)20(2)31)16-21-12-14-25(15-13-21)35-18-22-8-5-4-6-9-22/h4-17H,18H2,1-3H3/b26-16-. The number of carbonyl (C=O) groups is 3. The number of Topliss-reactive ketones (excluding diaryl/α,β-unsaturated/α-hetero) is 1. The van der Waals surface area contributed by atoms with E-state index in [1.165, 1.54) is 18.9 Å². The number of hydrogen-bond acceptors (Lipinski definition) is 5. The highest BCUT2D eigenvalue weighted by Crippen LogP contribution is 2.36. The summed E-state index contributed by atoms with van der Waals surface area (Å²) in [5.74, 6) is -0.391. The van der Waals surface area contributed by atoms with Crippen molar-refractivity contribution in [3.63, 3.8) is 0 Å². The number of hydrogen-bond donors (Lipinski definition) is 0. The second-order valence-electron chi connectivity index (χ2n) is 8.10. The Morgan fingerprint density at radius 2 is 1.66 bits per heavy atom. The van der Waals surface area contributed by atoms with Crippen molar-refractivity contribution in [2.45, 2.75) is 20.5 Å². The van der Waals surface area contributed by atoms with Crippen LogP contribution in [0.15, 0.2) is 95.7 Å².